The van der Waals surface area contributed by atoms with Crippen LogP contribution < -0.4 is 10.6 Å². The molecule has 0 unspecified atom stereocenters. The summed E-state index contributed by atoms with van der Waals surface area (Å²) in [6.45, 7) is 0.268. The second-order valence-electron chi connectivity index (χ2n) is 6.24. The molecule has 0 aliphatic rings. The fraction of sp³-hybridized carbons (Fsp3) is 0.0952. The second kappa shape index (κ2) is 7.40. The maximum absolute atomic E-state index is 12.7. The summed E-state index contributed by atoms with van der Waals surface area (Å²) >= 11 is 0. The van der Waals surface area contributed by atoms with Crippen LogP contribution in [0.25, 0.3) is 11.0 Å². The van der Waals surface area contributed by atoms with Gasteiger partial charge in [0.15, 0.2) is 5.76 Å². The number of furan rings is 1. The van der Waals surface area contributed by atoms with Crippen molar-refractivity contribution in [2.45, 2.75) is 6.54 Å². The van der Waals surface area contributed by atoms with Crippen LogP contribution in [0.2, 0.25) is 0 Å². The summed E-state index contributed by atoms with van der Waals surface area (Å²) in [7, 11) is 1.91. The molecule has 28 heavy (non-hydrogen) atoms. The first-order chi connectivity index (χ1) is 13.6. The van der Waals surface area contributed by atoms with E-state index < -0.39 is 5.91 Å². The van der Waals surface area contributed by atoms with Crippen molar-refractivity contribution in [2.75, 3.05) is 5.32 Å². The van der Waals surface area contributed by atoms with Gasteiger partial charge in [0.05, 0.1) is 35.1 Å². The number of rotatable bonds is 5. The first-order valence-electron chi connectivity index (χ1n) is 8.76. The molecular weight excluding hydrogens is 356 g/mol. The molecule has 0 atom stereocenters. The Morgan fingerprint density at radius 2 is 1.79 bits per heavy atom. The molecule has 0 saturated carbocycles. The van der Waals surface area contributed by atoms with Crippen molar-refractivity contribution in [3.05, 3.63) is 84.1 Å². The Hall–Kier alpha value is -3.87. The van der Waals surface area contributed by atoms with E-state index in [0.29, 0.717) is 11.3 Å². The zero-order valence-electron chi connectivity index (χ0n) is 15.2. The van der Waals surface area contributed by atoms with E-state index in [-0.39, 0.29) is 18.2 Å². The monoisotopic (exact) mass is 374 g/mol. The fourth-order valence-corrected chi connectivity index (χ4v) is 2.99. The number of fused-ring (bicyclic) bond motifs is 1. The normalized spacial score (nSPS) is 10.8. The minimum absolute atomic E-state index is 0.176. The Labute approximate surface area is 161 Å². The van der Waals surface area contributed by atoms with Gasteiger partial charge >= 0.3 is 0 Å². The molecule has 7 nitrogen and oxygen atoms in total. The van der Waals surface area contributed by atoms with E-state index in [1.807, 2.05) is 35.9 Å². The topological polar surface area (TPSA) is 89.2 Å². The zero-order valence-corrected chi connectivity index (χ0v) is 15.2. The molecule has 2 N–H and O–H groups in total. The number of benzene rings is 2. The van der Waals surface area contributed by atoms with Gasteiger partial charge in [-0.1, -0.05) is 24.3 Å². The Kier molecular flexibility index (Phi) is 4.63. The predicted octanol–water partition coefficient (Wildman–Crippen LogP) is 3.35. The highest BCUT2D eigenvalue weighted by Crippen LogP contribution is 2.18. The van der Waals surface area contributed by atoms with Gasteiger partial charge in [-0.25, -0.2) is 4.98 Å². The minimum Gasteiger partial charge on any atom is -0.459 e. The lowest BCUT2D eigenvalue weighted by Gasteiger charge is -2.11. The van der Waals surface area contributed by atoms with E-state index in [0.717, 1.165) is 16.9 Å². The van der Waals surface area contributed by atoms with Gasteiger partial charge in [-0.3, -0.25) is 9.59 Å². The van der Waals surface area contributed by atoms with Crippen LogP contribution in [0.4, 0.5) is 5.69 Å². The minimum atomic E-state index is -0.416. The molecule has 0 aliphatic heterocycles. The maximum atomic E-state index is 12.7. The van der Waals surface area contributed by atoms with Crippen LogP contribution >= 0.6 is 0 Å². The lowest BCUT2D eigenvalue weighted by Crippen LogP contribution is -2.26. The van der Waals surface area contributed by atoms with Gasteiger partial charge in [0, 0.05) is 7.05 Å². The molecule has 2 amide bonds. The molecule has 0 spiro atoms. The number of aromatic nitrogens is 2. The van der Waals surface area contributed by atoms with E-state index in [9.17, 15) is 9.59 Å². The van der Waals surface area contributed by atoms with Gasteiger partial charge in [-0.2, -0.15) is 0 Å². The smallest absolute Gasteiger partial charge is 0.291 e. The standard InChI is InChI=1S/C21H18N4O3/c1-25-17-10-5-4-9-16(17)23-19(25)13-22-20(26)14-7-2-3-8-15(14)24-21(27)18-11-6-12-28-18/h2-12H,13H2,1H3,(H,22,26)(H,24,27). The summed E-state index contributed by atoms with van der Waals surface area (Å²) in [5.41, 5.74) is 2.64. The Bertz CT molecular complexity index is 1150. The molecule has 2 aromatic heterocycles. The van der Waals surface area contributed by atoms with E-state index in [2.05, 4.69) is 15.6 Å². The van der Waals surface area contributed by atoms with E-state index in [4.69, 9.17) is 4.42 Å². The molecule has 4 aromatic rings. The van der Waals surface area contributed by atoms with Crippen LogP contribution in [0.1, 0.15) is 26.7 Å². The molecular formula is C21H18N4O3. The van der Waals surface area contributed by atoms with E-state index in [1.54, 1.807) is 36.4 Å². The third-order valence-corrected chi connectivity index (χ3v) is 4.45. The quantitative estimate of drug-likeness (QED) is 0.561. The summed E-state index contributed by atoms with van der Waals surface area (Å²) in [5, 5.41) is 5.58. The second-order valence-corrected chi connectivity index (χ2v) is 6.24. The molecule has 140 valence electrons. The van der Waals surface area contributed by atoms with Gasteiger partial charge in [0.2, 0.25) is 0 Å². The van der Waals surface area contributed by atoms with Crippen LogP contribution in [-0.4, -0.2) is 21.4 Å². The van der Waals surface area contributed by atoms with Gasteiger partial charge in [0.25, 0.3) is 11.8 Å². The number of nitrogens with zero attached hydrogens (tertiary/aromatic N) is 2. The van der Waals surface area contributed by atoms with Gasteiger partial charge in [-0.15, -0.1) is 0 Å². The number of nitrogens with one attached hydrogen (secondary N) is 2. The summed E-state index contributed by atoms with van der Waals surface area (Å²) in [6.07, 6.45) is 1.42. The van der Waals surface area contributed by atoms with Crippen LogP contribution in [0.5, 0.6) is 0 Å². The van der Waals surface area contributed by atoms with Crippen LogP contribution in [0.3, 0.4) is 0 Å². The summed E-state index contributed by atoms with van der Waals surface area (Å²) in [5.74, 6) is 0.199. The number of imidazole rings is 1. The van der Waals surface area contributed by atoms with Crippen molar-refractivity contribution in [2.24, 2.45) is 7.05 Å². The summed E-state index contributed by atoms with van der Waals surface area (Å²) < 4.78 is 7.04. The van der Waals surface area contributed by atoms with Crippen LogP contribution in [-0.2, 0) is 13.6 Å². The van der Waals surface area contributed by atoms with Crippen molar-refractivity contribution < 1.29 is 14.0 Å². The first-order valence-corrected chi connectivity index (χ1v) is 8.76. The highest BCUT2D eigenvalue weighted by molar-refractivity contribution is 6.07. The molecule has 0 fully saturated rings. The van der Waals surface area contributed by atoms with Crippen molar-refractivity contribution in [3.8, 4) is 0 Å². The van der Waals surface area contributed by atoms with Crippen molar-refractivity contribution in [3.63, 3.8) is 0 Å². The van der Waals surface area contributed by atoms with E-state index in [1.165, 1.54) is 6.26 Å². The van der Waals surface area contributed by atoms with E-state index >= 15 is 0 Å². The molecule has 0 saturated heterocycles. The lowest BCUT2D eigenvalue weighted by molar-refractivity contribution is 0.0950. The molecule has 4 rings (SSSR count). The Balaban J connectivity index is 1.50. The first kappa shape index (κ1) is 17.5. The number of carbonyl (C=O) groups excluding carboxylic acids is 2. The van der Waals surface area contributed by atoms with Gasteiger partial charge in [-0.05, 0) is 36.4 Å². The Morgan fingerprint density at radius 1 is 1.00 bits per heavy atom. The number of hydrogen-bond acceptors (Lipinski definition) is 4. The average Bonchev–Trinajstić information content (AvgIpc) is 3.36. The average molecular weight is 374 g/mol. The molecule has 0 aliphatic carbocycles. The van der Waals surface area contributed by atoms with Crippen molar-refractivity contribution in [1.29, 1.82) is 0 Å². The van der Waals surface area contributed by atoms with Crippen LogP contribution in [0, 0.1) is 0 Å². The highest BCUT2D eigenvalue weighted by Gasteiger charge is 2.16. The molecule has 7 heteroatoms. The number of aryl methyl sites for hydroxylation is 1. The van der Waals surface area contributed by atoms with Gasteiger partial charge in [0.1, 0.15) is 5.82 Å². The SMILES string of the molecule is Cn1c(CNC(=O)c2ccccc2NC(=O)c2ccco2)nc2ccccc21. The third kappa shape index (κ3) is 3.37. The fourth-order valence-electron chi connectivity index (χ4n) is 2.99. The van der Waals surface area contributed by atoms with Crippen LogP contribution in [0.15, 0.2) is 71.3 Å². The number of anilines is 1. The third-order valence-electron chi connectivity index (χ3n) is 4.45. The highest BCUT2D eigenvalue weighted by atomic mass is 16.3. The molecule has 2 aromatic carbocycles. The summed E-state index contributed by atoms with van der Waals surface area (Å²) in [6, 6.07) is 17.8. The number of carbonyl (C=O) groups is 2. The summed E-state index contributed by atoms with van der Waals surface area (Å²) in [4.78, 5) is 29.5. The van der Waals surface area contributed by atoms with Crippen molar-refractivity contribution >= 4 is 28.5 Å². The zero-order chi connectivity index (χ0) is 19.5. The number of para-hydroxylation sites is 3. The number of hydrogen-bond donors (Lipinski definition) is 2. The molecule has 0 radical (unpaired) electrons. The number of amides is 2. The molecule has 0 bridgehead atoms. The Morgan fingerprint density at radius 3 is 2.57 bits per heavy atom. The van der Waals surface area contributed by atoms with Crippen molar-refractivity contribution in [1.82, 2.24) is 14.9 Å². The predicted molar refractivity (Wildman–Crippen MR) is 105 cm³/mol. The maximum Gasteiger partial charge on any atom is 0.291 e. The lowest BCUT2D eigenvalue weighted by atomic mass is 10.1. The largest absolute Gasteiger partial charge is 0.459 e. The molecule has 2 heterocycles. The van der Waals surface area contributed by atoms with Gasteiger partial charge < -0.3 is 19.6 Å².